The maximum absolute atomic E-state index is 13.9. The number of benzene rings is 3. The molecule has 40 heavy (non-hydrogen) atoms. The number of hydrogen-bond donors (Lipinski definition) is 0. The number of thiazole rings is 1. The summed E-state index contributed by atoms with van der Waals surface area (Å²) in [6, 6.07) is 26.8. The molecule has 0 bridgehead atoms. The Morgan fingerprint density at radius 1 is 1.02 bits per heavy atom. The molecule has 7 nitrogen and oxygen atoms in total. The molecule has 2 aliphatic rings. The van der Waals surface area contributed by atoms with Crippen LogP contribution in [0.3, 0.4) is 0 Å². The molecule has 8 heteroatoms. The number of furan rings is 1. The van der Waals surface area contributed by atoms with E-state index in [2.05, 4.69) is 30.3 Å². The Kier molecular flexibility index (Phi) is 5.71. The van der Waals surface area contributed by atoms with Crippen molar-refractivity contribution in [2.45, 2.75) is 25.8 Å². The van der Waals surface area contributed by atoms with Crippen molar-refractivity contribution in [3.05, 3.63) is 148 Å². The number of allylic oxidation sites excluding steroid dienone is 1. The quantitative estimate of drug-likeness (QED) is 0.211. The van der Waals surface area contributed by atoms with E-state index in [1.54, 1.807) is 37.3 Å². The Morgan fingerprint density at radius 3 is 2.65 bits per heavy atom. The molecule has 196 valence electrons. The molecule has 0 amide bonds. The van der Waals surface area contributed by atoms with Gasteiger partial charge in [0.2, 0.25) is 0 Å². The Labute approximate surface area is 232 Å². The van der Waals surface area contributed by atoms with Gasteiger partial charge < -0.3 is 4.42 Å². The lowest BCUT2D eigenvalue weighted by atomic mass is 9.83. The summed E-state index contributed by atoms with van der Waals surface area (Å²) in [4.78, 5) is 30.6. The molecule has 1 aliphatic heterocycles. The Balaban J connectivity index is 1.36. The normalized spacial score (nSPS) is 16.2. The van der Waals surface area contributed by atoms with Gasteiger partial charge in [-0.2, -0.15) is 0 Å². The number of hydrogen-bond acceptors (Lipinski definition) is 6. The first-order valence-electron chi connectivity index (χ1n) is 13.0. The zero-order valence-electron chi connectivity index (χ0n) is 21.5. The van der Waals surface area contributed by atoms with Crippen molar-refractivity contribution in [3.63, 3.8) is 0 Å². The zero-order valence-corrected chi connectivity index (χ0v) is 22.4. The van der Waals surface area contributed by atoms with Crippen molar-refractivity contribution in [3.8, 4) is 11.3 Å². The summed E-state index contributed by atoms with van der Waals surface area (Å²) in [5, 5.41) is 11.4. The van der Waals surface area contributed by atoms with Crippen LogP contribution in [0.1, 0.15) is 40.5 Å². The largest absolute Gasteiger partial charge is 0.457 e. The van der Waals surface area contributed by atoms with Crippen molar-refractivity contribution in [1.29, 1.82) is 0 Å². The minimum Gasteiger partial charge on any atom is -0.457 e. The topological polar surface area (TPSA) is 90.6 Å². The van der Waals surface area contributed by atoms with Gasteiger partial charge in [-0.1, -0.05) is 78.1 Å². The highest BCUT2D eigenvalue weighted by molar-refractivity contribution is 7.07. The summed E-state index contributed by atoms with van der Waals surface area (Å²) < 4.78 is 8.36. The second-order valence-corrected chi connectivity index (χ2v) is 11.0. The summed E-state index contributed by atoms with van der Waals surface area (Å²) in [6.45, 7) is 1.70. The van der Waals surface area contributed by atoms with E-state index in [-0.39, 0.29) is 17.3 Å². The molecular weight excluding hydrogens is 522 g/mol. The van der Waals surface area contributed by atoms with E-state index in [9.17, 15) is 14.9 Å². The highest BCUT2D eigenvalue weighted by Crippen LogP contribution is 2.41. The number of nitro groups is 1. The molecule has 0 N–H and O–H groups in total. The van der Waals surface area contributed by atoms with E-state index in [4.69, 9.17) is 9.41 Å². The number of nitrogens with zero attached hydrogens (tertiary/aromatic N) is 3. The lowest BCUT2D eigenvalue weighted by Gasteiger charge is -2.30. The molecule has 1 aliphatic carbocycles. The maximum Gasteiger partial charge on any atom is 0.273 e. The first-order valence-corrected chi connectivity index (χ1v) is 13.8. The second kappa shape index (κ2) is 9.43. The lowest BCUT2D eigenvalue weighted by molar-refractivity contribution is -0.385. The third-order valence-corrected chi connectivity index (χ3v) is 8.56. The van der Waals surface area contributed by atoms with Gasteiger partial charge in [0.05, 0.1) is 21.2 Å². The van der Waals surface area contributed by atoms with Crippen molar-refractivity contribution in [2.24, 2.45) is 4.99 Å². The minimum atomic E-state index is -0.398. The highest BCUT2D eigenvalue weighted by atomic mass is 32.1. The maximum atomic E-state index is 13.9. The van der Waals surface area contributed by atoms with E-state index in [0.717, 1.165) is 35.2 Å². The van der Waals surface area contributed by atoms with Crippen LogP contribution in [0.5, 0.6) is 0 Å². The van der Waals surface area contributed by atoms with Crippen molar-refractivity contribution in [1.82, 2.24) is 4.57 Å². The van der Waals surface area contributed by atoms with Gasteiger partial charge in [-0.15, -0.1) is 0 Å². The number of fused-ring (bicyclic) bond motifs is 3. The van der Waals surface area contributed by atoms with Gasteiger partial charge in [0.1, 0.15) is 11.5 Å². The molecule has 0 saturated heterocycles. The second-order valence-electron chi connectivity index (χ2n) is 9.98. The molecule has 0 saturated carbocycles. The van der Waals surface area contributed by atoms with E-state index in [0.29, 0.717) is 32.0 Å². The molecule has 3 aromatic carbocycles. The molecule has 5 aromatic rings. The van der Waals surface area contributed by atoms with E-state index in [1.807, 2.05) is 28.8 Å². The van der Waals surface area contributed by atoms with Gasteiger partial charge in [-0.3, -0.25) is 19.5 Å². The highest BCUT2D eigenvalue weighted by Gasteiger charge is 2.32. The molecule has 0 radical (unpaired) electrons. The van der Waals surface area contributed by atoms with Crippen LogP contribution in [0.25, 0.3) is 23.1 Å². The van der Waals surface area contributed by atoms with Crippen molar-refractivity contribution < 1.29 is 9.34 Å². The SMILES string of the molecule is Cc1ccc(-c2ccc(/C=c3/sc4n(c3=O)[C@@H](c3ccccc3)C3=C(N=4)c4ccccc4CC3)o2)cc1[N+](=O)[O-]. The van der Waals surface area contributed by atoms with Crippen LogP contribution >= 0.6 is 11.3 Å². The van der Waals surface area contributed by atoms with Crippen LogP contribution < -0.4 is 14.9 Å². The van der Waals surface area contributed by atoms with Gasteiger partial charge in [0.15, 0.2) is 4.80 Å². The van der Waals surface area contributed by atoms with Crippen LogP contribution in [0.2, 0.25) is 0 Å². The van der Waals surface area contributed by atoms with Crippen LogP contribution in [-0.4, -0.2) is 9.49 Å². The third-order valence-electron chi connectivity index (χ3n) is 7.58. The standard InChI is InChI=1S/C32H23N3O4S/c1-19-11-12-22(17-26(19)35(37)38)27-16-14-23(39-27)18-28-31(36)34-30(21-8-3-2-4-9-21)25-15-13-20-7-5-6-10-24(20)29(25)33-32(34)40-28/h2-12,14,16-18,30H,13,15H2,1H3/b28-18+/t30-/m0/s1. The minimum absolute atomic E-state index is 0.0372. The van der Waals surface area contributed by atoms with Crippen LogP contribution in [-0.2, 0) is 6.42 Å². The van der Waals surface area contributed by atoms with Gasteiger partial charge >= 0.3 is 0 Å². The fraction of sp³-hybridized carbons (Fsp3) is 0.125. The van der Waals surface area contributed by atoms with Crippen molar-refractivity contribution in [2.75, 3.05) is 0 Å². The average Bonchev–Trinajstić information content (AvgIpc) is 3.56. The Morgan fingerprint density at radius 2 is 1.82 bits per heavy atom. The summed E-state index contributed by atoms with van der Waals surface area (Å²) in [6.07, 6.45) is 3.47. The molecule has 3 heterocycles. The predicted molar refractivity (Wildman–Crippen MR) is 155 cm³/mol. The van der Waals surface area contributed by atoms with E-state index in [1.165, 1.54) is 23.0 Å². The number of nitro benzene ring substituents is 1. The lowest BCUT2D eigenvalue weighted by Crippen LogP contribution is -2.38. The average molecular weight is 546 g/mol. The van der Waals surface area contributed by atoms with Crippen molar-refractivity contribution >= 4 is 28.8 Å². The zero-order chi connectivity index (χ0) is 27.4. The van der Waals surface area contributed by atoms with Crippen LogP contribution in [0.15, 0.2) is 105 Å². The molecule has 7 rings (SSSR count). The summed E-state index contributed by atoms with van der Waals surface area (Å²) in [7, 11) is 0. The monoisotopic (exact) mass is 545 g/mol. The predicted octanol–water partition coefficient (Wildman–Crippen LogP) is 5.80. The van der Waals surface area contributed by atoms with Crippen LogP contribution in [0.4, 0.5) is 5.69 Å². The van der Waals surface area contributed by atoms with Gasteiger partial charge in [-0.25, -0.2) is 4.99 Å². The molecule has 0 fully saturated rings. The Hall–Kier alpha value is -4.82. The first-order chi connectivity index (χ1) is 19.5. The van der Waals surface area contributed by atoms with Gasteiger partial charge in [0.25, 0.3) is 11.2 Å². The fourth-order valence-corrected chi connectivity index (χ4v) is 6.61. The van der Waals surface area contributed by atoms with Gasteiger partial charge in [-0.05, 0) is 48.6 Å². The molecule has 1 atom stereocenters. The molecule has 2 aromatic heterocycles. The molecule has 0 spiro atoms. The van der Waals surface area contributed by atoms with Crippen LogP contribution in [0, 0.1) is 17.0 Å². The van der Waals surface area contributed by atoms with E-state index >= 15 is 0 Å². The first kappa shape index (κ1) is 24.2. The summed E-state index contributed by atoms with van der Waals surface area (Å²) >= 11 is 1.34. The fourth-order valence-electron chi connectivity index (χ4n) is 5.63. The van der Waals surface area contributed by atoms with E-state index < -0.39 is 4.92 Å². The third kappa shape index (κ3) is 3.96. The molecular formula is C32H23N3O4S. The van der Waals surface area contributed by atoms with Gasteiger partial charge in [0, 0.05) is 28.8 Å². The number of rotatable bonds is 4. The Bertz CT molecular complexity index is 2030. The smallest absolute Gasteiger partial charge is 0.273 e. The summed E-state index contributed by atoms with van der Waals surface area (Å²) in [5.74, 6) is 0.991. The summed E-state index contributed by atoms with van der Waals surface area (Å²) in [5.41, 5.74) is 6.68. The number of aryl methyl sites for hydroxylation is 2. The number of aromatic nitrogens is 1. The molecule has 0 unspecified atom stereocenters.